The first-order valence-electron chi connectivity index (χ1n) is 8.96. The van der Waals surface area contributed by atoms with Gasteiger partial charge >= 0.3 is 0 Å². The lowest BCUT2D eigenvalue weighted by atomic mass is 10.2. The molecule has 0 unspecified atom stereocenters. The molecule has 0 aliphatic heterocycles. The van der Waals surface area contributed by atoms with Gasteiger partial charge in [-0.2, -0.15) is 0 Å². The Morgan fingerprint density at radius 2 is 1.79 bits per heavy atom. The Hall–Kier alpha value is -3.55. The lowest BCUT2D eigenvalue weighted by molar-refractivity contribution is 0.102. The molecule has 0 aliphatic rings. The van der Waals surface area contributed by atoms with E-state index in [4.69, 9.17) is 4.74 Å². The molecule has 0 atom stereocenters. The molecule has 2 N–H and O–H groups in total. The first kappa shape index (κ1) is 20.2. The second-order valence-electron chi connectivity index (χ2n) is 6.55. The Balaban J connectivity index is 1.84. The molecule has 1 aromatic heterocycles. The number of para-hydroxylation sites is 2. The van der Waals surface area contributed by atoms with E-state index in [0.29, 0.717) is 29.1 Å². The number of rotatable bonds is 6. The van der Waals surface area contributed by atoms with Crippen molar-refractivity contribution in [2.45, 2.75) is 26.9 Å². The first-order chi connectivity index (χ1) is 13.8. The summed E-state index contributed by atoms with van der Waals surface area (Å²) in [4.78, 5) is 20.9. The molecule has 3 aromatic rings. The van der Waals surface area contributed by atoms with Crippen LogP contribution in [0.15, 0.2) is 48.5 Å². The SMILES string of the molecule is Cc1nc(Nc2ccccc2OC(C)C)cc(C(=O)Nc2ccc(F)cc2F)n1. The van der Waals surface area contributed by atoms with Crippen molar-refractivity contribution in [3.05, 3.63) is 71.7 Å². The van der Waals surface area contributed by atoms with Crippen LogP contribution in [0.3, 0.4) is 0 Å². The maximum absolute atomic E-state index is 13.8. The van der Waals surface area contributed by atoms with E-state index in [1.54, 1.807) is 6.92 Å². The van der Waals surface area contributed by atoms with Crippen LogP contribution in [0, 0.1) is 18.6 Å². The summed E-state index contributed by atoms with van der Waals surface area (Å²) in [5.41, 5.74) is 0.569. The van der Waals surface area contributed by atoms with Crippen LogP contribution in [0.4, 0.5) is 26.0 Å². The highest BCUT2D eigenvalue weighted by Gasteiger charge is 2.14. The molecular weight excluding hydrogens is 378 g/mol. The van der Waals surface area contributed by atoms with Gasteiger partial charge in [-0.1, -0.05) is 12.1 Å². The average Bonchev–Trinajstić information content (AvgIpc) is 2.64. The fourth-order valence-electron chi connectivity index (χ4n) is 2.59. The summed E-state index contributed by atoms with van der Waals surface area (Å²) in [6.45, 7) is 5.47. The number of halogens is 2. The lowest BCUT2D eigenvalue weighted by Crippen LogP contribution is -2.16. The molecule has 8 heteroatoms. The normalized spacial score (nSPS) is 10.7. The van der Waals surface area contributed by atoms with E-state index in [-0.39, 0.29) is 17.5 Å². The Labute approximate surface area is 167 Å². The quantitative estimate of drug-likeness (QED) is 0.621. The highest BCUT2D eigenvalue weighted by molar-refractivity contribution is 6.03. The highest BCUT2D eigenvalue weighted by atomic mass is 19.1. The Morgan fingerprint density at radius 3 is 2.52 bits per heavy atom. The summed E-state index contributed by atoms with van der Waals surface area (Å²) in [5, 5.41) is 5.50. The molecule has 0 saturated heterocycles. The van der Waals surface area contributed by atoms with Crippen LogP contribution >= 0.6 is 0 Å². The van der Waals surface area contributed by atoms with E-state index >= 15 is 0 Å². The number of ether oxygens (including phenoxy) is 1. The number of aryl methyl sites for hydroxylation is 1. The number of nitrogens with zero attached hydrogens (tertiary/aromatic N) is 2. The van der Waals surface area contributed by atoms with Gasteiger partial charge in [0.25, 0.3) is 5.91 Å². The van der Waals surface area contributed by atoms with Gasteiger partial charge in [-0.3, -0.25) is 4.79 Å². The van der Waals surface area contributed by atoms with E-state index in [2.05, 4.69) is 20.6 Å². The standard InChI is InChI=1S/C21H20F2N4O2/c1-12(2)29-19-7-5-4-6-17(19)26-20-11-18(24-13(3)25-20)21(28)27-16-9-8-14(22)10-15(16)23/h4-12H,1-3H3,(H,27,28)(H,24,25,26). The summed E-state index contributed by atoms with van der Waals surface area (Å²) in [6, 6.07) is 11.7. The molecule has 29 heavy (non-hydrogen) atoms. The number of nitrogens with one attached hydrogen (secondary N) is 2. The van der Waals surface area contributed by atoms with Gasteiger partial charge in [-0.15, -0.1) is 0 Å². The van der Waals surface area contributed by atoms with Gasteiger partial charge < -0.3 is 15.4 Å². The number of carbonyl (C=O) groups is 1. The van der Waals surface area contributed by atoms with Gasteiger partial charge in [0.15, 0.2) is 0 Å². The minimum absolute atomic E-state index is 0.0166. The molecule has 2 aromatic carbocycles. The number of hydrogen-bond donors (Lipinski definition) is 2. The zero-order valence-corrected chi connectivity index (χ0v) is 16.2. The molecule has 1 heterocycles. The second-order valence-corrected chi connectivity index (χ2v) is 6.55. The van der Waals surface area contributed by atoms with Crippen molar-refractivity contribution in [1.29, 1.82) is 0 Å². The number of amides is 1. The van der Waals surface area contributed by atoms with Crippen LogP contribution in [0.25, 0.3) is 0 Å². The van der Waals surface area contributed by atoms with Crippen LogP contribution in [0.5, 0.6) is 5.75 Å². The zero-order chi connectivity index (χ0) is 21.0. The largest absolute Gasteiger partial charge is 0.489 e. The predicted octanol–water partition coefficient (Wildman–Crippen LogP) is 4.85. The third kappa shape index (κ3) is 5.25. The molecule has 150 valence electrons. The third-order valence-corrected chi connectivity index (χ3v) is 3.76. The van der Waals surface area contributed by atoms with Crippen LogP contribution in [0.1, 0.15) is 30.2 Å². The first-order valence-corrected chi connectivity index (χ1v) is 8.96. The molecule has 0 saturated carbocycles. The summed E-state index contributed by atoms with van der Waals surface area (Å²) in [5.74, 6) is -0.882. The van der Waals surface area contributed by atoms with Crippen LogP contribution in [-0.4, -0.2) is 22.0 Å². The molecule has 0 radical (unpaired) electrons. The Bertz CT molecular complexity index is 1040. The number of hydrogen-bond acceptors (Lipinski definition) is 5. The maximum atomic E-state index is 13.8. The molecule has 3 rings (SSSR count). The zero-order valence-electron chi connectivity index (χ0n) is 16.2. The van der Waals surface area contributed by atoms with E-state index in [9.17, 15) is 13.6 Å². The van der Waals surface area contributed by atoms with Crippen LogP contribution < -0.4 is 15.4 Å². The molecule has 0 fully saturated rings. The topological polar surface area (TPSA) is 76.1 Å². The van der Waals surface area contributed by atoms with Gasteiger partial charge in [0.05, 0.1) is 17.5 Å². The molecule has 6 nitrogen and oxygen atoms in total. The summed E-state index contributed by atoms with van der Waals surface area (Å²) in [7, 11) is 0. The second kappa shape index (κ2) is 8.64. The maximum Gasteiger partial charge on any atom is 0.274 e. The summed E-state index contributed by atoms with van der Waals surface area (Å²) >= 11 is 0. The van der Waals surface area contributed by atoms with Crippen molar-refractivity contribution in [1.82, 2.24) is 9.97 Å². The number of carbonyl (C=O) groups excluding carboxylic acids is 1. The van der Waals surface area contributed by atoms with Gasteiger partial charge in [-0.05, 0) is 45.0 Å². The number of benzene rings is 2. The molecular formula is C21H20F2N4O2. The minimum Gasteiger partial charge on any atom is -0.489 e. The molecule has 0 spiro atoms. The van der Waals surface area contributed by atoms with E-state index in [1.807, 2.05) is 38.1 Å². The van der Waals surface area contributed by atoms with Gasteiger partial charge in [-0.25, -0.2) is 18.7 Å². The van der Waals surface area contributed by atoms with Crippen molar-refractivity contribution < 1.29 is 18.3 Å². The van der Waals surface area contributed by atoms with Crippen molar-refractivity contribution in [3.8, 4) is 5.75 Å². The third-order valence-electron chi connectivity index (χ3n) is 3.76. The van der Waals surface area contributed by atoms with E-state index < -0.39 is 17.5 Å². The Kier molecular flexibility index (Phi) is 6.01. The highest BCUT2D eigenvalue weighted by Crippen LogP contribution is 2.28. The monoisotopic (exact) mass is 398 g/mol. The van der Waals surface area contributed by atoms with Crippen molar-refractivity contribution in [2.75, 3.05) is 10.6 Å². The molecule has 0 bridgehead atoms. The fourth-order valence-corrected chi connectivity index (χ4v) is 2.59. The number of aromatic nitrogens is 2. The van der Waals surface area contributed by atoms with Crippen LogP contribution in [-0.2, 0) is 0 Å². The number of anilines is 3. The molecule has 1 amide bonds. The fraction of sp³-hybridized carbons (Fsp3) is 0.190. The molecule has 0 aliphatic carbocycles. The van der Waals surface area contributed by atoms with Crippen molar-refractivity contribution in [3.63, 3.8) is 0 Å². The van der Waals surface area contributed by atoms with Gasteiger partial charge in [0.2, 0.25) is 0 Å². The average molecular weight is 398 g/mol. The van der Waals surface area contributed by atoms with Gasteiger partial charge in [0.1, 0.15) is 34.7 Å². The van der Waals surface area contributed by atoms with Gasteiger partial charge in [0, 0.05) is 12.1 Å². The van der Waals surface area contributed by atoms with Crippen molar-refractivity contribution in [2.24, 2.45) is 0 Å². The summed E-state index contributed by atoms with van der Waals surface area (Å²) < 4.78 is 32.6. The predicted molar refractivity (Wildman–Crippen MR) is 107 cm³/mol. The smallest absolute Gasteiger partial charge is 0.274 e. The Morgan fingerprint density at radius 1 is 1.03 bits per heavy atom. The van der Waals surface area contributed by atoms with E-state index in [1.165, 1.54) is 6.07 Å². The van der Waals surface area contributed by atoms with E-state index in [0.717, 1.165) is 12.1 Å². The summed E-state index contributed by atoms with van der Waals surface area (Å²) in [6.07, 6.45) is -0.0166. The van der Waals surface area contributed by atoms with Crippen molar-refractivity contribution >= 4 is 23.1 Å². The lowest BCUT2D eigenvalue weighted by Gasteiger charge is -2.15. The van der Waals surface area contributed by atoms with Crippen LogP contribution in [0.2, 0.25) is 0 Å². The minimum atomic E-state index is -0.873.